The van der Waals surface area contributed by atoms with Crippen LogP contribution >= 0.6 is 0 Å². The first-order valence-electron chi connectivity index (χ1n) is 20.9. The van der Waals surface area contributed by atoms with Crippen LogP contribution in [0.3, 0.4) is 0 Å². The number of nitrogens with zero attached hydrogens (tertiary/aromatic N) is 1. The fourth-order valence-electron chi connectivity index (χ4n) is 10.6. The third kappa shape index (κ3) is 4.88. The number of anilines is 3. The molecule has 0 aliphatic heterocycles. The molecule has 2 nitrogen and oxygen atoms in total. The van der Waals surface area contributed by atoms with Gasteiger partial charge in [0.2, 0.25) is 0 Å². The Morgan fingerprint density at radius 2 is 0.867 bits per heavy atom. The lowest BCUT2D eigenvalue weighted by Crippen LogP contribution is -2.28. The second-order valence-corrected chi connectivity index (χ2v) is 16.8. The van der Waals surface area contributed by atoms with Crippen molar-refractivity contribution in [2.75, 3.05) is 4.90 Å². The zero-order valence-electron chi connectivity index (χ0n) is 33.6. The Balaban J connectivity index is 1.08. The van der Waals surface area contributed by atoms with E-state index < -0.39 is 5.41 Å². The summed E-state index contributed by atoms with van der Waals surface area (Å²) in [4.78, 5) is 2.45. The van der Waals surface area contributed by atoms with Crippen molar-refractivity contribution < 1.29 is 4.42 Å². The van der Waals surface area contributed by atoms with E-state index in [2.05, 4.69) is 225 Å². The standard InChI is InChI=1S/C58H41NO/c1-57(2)51-25-12-9-20-45(51)47-34-32-42(36-53(47)57)59(41-30-28-38(29-31-41)44-23-15-24-50-49-22-11-14-27-55(49)60-56(44)50)43-33-35-48-46-21-10-13-26-52(46)58(54(48)37-43,39-16-5-3-6-17-39)40-18-7-4-8-19-40/h3-37H,1-2H3. The Labute approximate surface area is 350 Å². The summed E-state index contributed by atoms with van der Waals surface area (Å²) >= 11 is 0. The Kier molecular flexibility index (Phi) is 7.52. The highest BCUT2D eigenvalue weighted by Crippen LogP contribution is 2.58. The van der Waals surface area contributed by atoms with Crippen LogP contribution < -0.4 is 4.90 Å². The van der Waals surface area contributed by atoms with E-state index in [1.165, 1.54) is 55.6 Å². The number of fused-ring (bicyclic) bond motifs is 9. The van der Waals surface area contributed by atoms with Gasteiger partial charge in [0.1, 0.15) is 11.2 Å². The first kappa shape index (κ1) is 34.6. The monoisotopic (exact) mass is 767 g/mol. The predicted octanol–water partition coefficient (Wildman–Crippen LogP) is 15.4. The van der Waals surface area contributed by atoms with E-state index in [0.29, 0.717) is 0 Å². The topological polar surface area (TPSA) is 16.4 Å². The zero-order chi connectivity index (χ0) is 40.0. The normalized spacial score (nSPS) is 14.1. The Morgan fingerprint density at radius 3 is 1.57 bits per heavy atom. The van der Waals surface area contributed by atoms with Crippen LogP contribution in [0.25, 0.3) is 55.3 Å². The van der Waals surface area contributed by atoms with Crippen molar-refractivity contribution in [1.29, 1.82) is 0 Å². The summed E-state index contributed by atoms with van der Waals surface area (Å²) in [5, 5.41) is 2.27. The Morgan fingerprint density at radius 1 is 0.367 bits per heavy atom. The quantitative estimate of drug-likeness (QED) is 0.168. The third-order valence-electron chi connectivity index (χ3n) is 13.4. The summed E-state index contributed by atoms with van der Waals surface area (Å²) in [5.41, 5.74) is 19.7. The summed E-state index contributed by atoms with van der Waals surface area (Å²) in [6, 6.07) is 78.0. The van der Waals surface area contributed by atoms with Crippen molar-refractivity contribution in [3.63, 3.8) is 0 Å². The highest BCUT2D eigenvalue weighted by atomic mass is 16.3. The molecule has 0 bridgehead atoms. The molecule has 1 heterocycles. The second kappa shape index (κ2) is 13.0. The summed E-state index contributed by atoms with van der Waals surface area (Å²) in [6.45, 7) is 4.72. The molecule has 2 heteroatoms. The lowest BCUT2D eigenvalue weighted by atomic mass is 9.67. The molecule has 10 aromatic rings. The lowest BCUT2D eigenvalue weighted by molar-refractivity contribution is 0.660. The minimum Gasteiger partial charge on any atom is -0.455 e. The van der Waals surface area contributed by atoms with Gasteiger partial charge < -0.3 is 9.32 Å². The minimum absolute atomic E-state index is 0.141. The molecule has 0 atom stereocenters. The van der Waals surface area contributed by atoms with Crippen molar-refractivity contribution in [2.24, 2.45) is 0 Å². The molecule has 0 saturated heterocycles. The van der Waals surface area contributed by atoms with Crippen LogP contribution in [0.4, 0.5) is 17.1 Å². The molecule has 284 valence electrons. The highest BCUT2D eigenvalue weighted by Gasteiger charge is 2.46. The van der Waals surface area contributed by atoms with Gasteiger partial charge in [0.15, 0.2) is 0 Å². The van der Waals surface area contributed by atoms with E-state index in [0.717, 1.165) is 50.1 Å². The van der Waals surface area contributed by atoms with Gasteiger partial charge in [-0.3, -0.25) is 0 Å². The fraction of sp³-hybridized carbons (Fsp3) is 0.0690. The lowest BCUT2D eigenvalue weighted by Gasteiger charge is -2.35. The first-order valence-corrected chi connectivity index (χ1v) is 20.9. The molecule has 2 aliphatic carbocycles. The second-order valence-electron chi connectivity index (χ2n) is 16.8. The maximum absolute atomic E-state index is 6.49. The molecule has 0 amide bonds. The summed E-state index contributed by atoms with van der Waals surface area (Å²) in [5.74, 6) is 0. The molecule has 1 aromatic heterocycles. The van der Waals surface area contributed by atoms with Gasteiger partial charge in [-0.05, 0) is 104 Å². The average Bonchev–Trinajstić information content (AvgIpc) is 3.91. The molecule has 0 fully saturated rings. The molecule has 2 aliphatic rings. The van der Waals surface area contributed by atoms with Crippen molar-refractivity contribution in [1.82, 2.24) is 0 Å². The Hall–Kier alpha value is -7.42. The molecule has 0 spiro atoms. The highest BCUT2D eigenvalue weighted by molar-refractivity contribution is 6.09. The van der Waals surface area contributed by atoms with Gasteiger partial charge in [0.25, 0.3) is 0 Å². The molecular formula is C58H41NO. The number of rotatable bonds is 6. The van der Waals surface area contributed by atoms with Crippen molar-refractivity contribution in [3.8, 4) is 33.4 Å². The first-order chi connectivity index (χ1) is 29.5. The number of furan rings is 1. The number of hydrogen-bond acceptors (Lipinski definition) is 2. The van der Waals surface area contributed by atoms with Crippen LogP contribution in [0.5, 0.6) is 0 Å². The molecular weight excluding hydrogens is 727 g/mol. The van der Waals surface area contributed by atoms with Gasteiger partial charge in [-0.2, -0.15) is 0 Å². The Bertz CT molecular complexity index is 3240. The van der Waals surface area contributed by atoms with Crippen LogP contribution in [0, 0.1) is 0 Å². The van der Waals surface area contributed by atoms with Gasteiger partial charge in [-0.1, -0.05) is 184 Å². The van der Waals surface area contributed by atoms with E-state index in [1.807, 2.05) is 6.07 Å². The number of hydrogen-bond donors (Lipinski definition) is 0. The zero-order valence-corrected chi connectivity index (χ0v) is 33.6. The molecule has 0 N–H and O–H groups in total. The van der Waals surface area contributed by atoms with Gasteiger partial charge in [0.05, 0.1) is 5.41 Å². The van der Waals surface area contributed by atoms with Crippen molar-refractivity contribution in [2.45, 2.75) is 24.7 Å². The van der Waals surface area contributed by atoms with Crippen LogP contribution in [-0.4, -0.2) is 0 Å². The molecule has 12 rings (SSSR count). The van der Waals surface area contributed by atoms with E-state index >= 15 is 0 Å². The van der Waals surface area contributed by atoms with Gasteiger partial charge >= 0.3 is 0 Å². The largest absolute Gasteiger partial charge is 0.455 e. The molecule has 0 radical (unpaired) electrons. The summed E-state index contributed by atoms with van der Waals surface area (Å²) in [6.07, 6.45) is 0. The van der Waals surface area contributed by atoms with E-state index in [-0.39, 0.29) is 5.41 Å². The predicted molar refractivity (Wildman–Crippen MR) is 249 cm³/mol. The molecule has 60 heavy (non-hydrogen) atoms. The number of para-hydroxylation sites is 2. The molecule has 0 unspecified atom stereocenters. The summed E-state index contributed by atoms with van der Waals surface area (Å²) in [7, 11) is 0. The van der Waals surface area contributed by atoms with E-state index in [9.17, 15) is 0 Å². The minimum atomic E-state index is -0.507. The number of benzene rings is 9. The SMILES string of the molecule is CC1(C)c2ccccc2-c2ccc(N(c3ccc(-c4cccc5c4oc4ccccc45)cc3)c3ccc4c(c3)C(c3ccccc3)(c3ccccc3)c3ccccc3-4)cc21. The van der Waals surface area contributed by atoms with Crippen molar-refractivity contribution >= 4 is 39.0 Å². The third-order valence-corrected chi connectivity index (χ3v) is 13.4. The fourth-order valence-corrected chi connectivity index (χ4v) is 10.6. The molecule has 9 aromatic carbocycles. The van der Waals surface area contributed by atoms with E-state index in [1.54, 1.807) is 0 Å². The molecule has 0 saturated carbocycles. The average molecular weight is 768 g/mol. The van der Waals surface area contributed by atoms with Gasteiger partial charge in [-0.15, -0.1) is 0 Å². The van der Waals surface area contributed by atoms with Crippen LogP contribution in [0.2, 0.25) is 0 Å². The van der Waals surface area contributed by atoms with Gasteiger partial charge in [-0.25, -0.2) is 0 Å². The maximum Gasteiger partial charge on any atom is 0.143 e. The van der Waals surface area contributed by atoms with Crippen LogP contribution in [0.15, 0.2) is 217 Å². The maximum atomic E-state index is 6.49. The van der Waals surface area contributed by atoms with Crippen LogP contribution in [0.1, 0.15) is 47.2 Å². The van der Waals surface area contributed by atoms with Crippen molar-refractivity contribution in [3.05, 3.63) is 246 Å². The van der Waals surface area contributed by atoms with Gasteiger partial charge in [0, 0.05) is 38.8 Å². The smallest absolute Gasteiger partial charge is 0.143 e. The van der Waals surface area contributed by atoms with Crippen LogP contribution in [-0.2, 0) is 10.8 Å². The summed E-state index contributed by atoms with van der Waals surface area (Å²) < 4.78 is 6.49. The van der Waals surface area contributed by atoms with E-state index in [4.69, 9.17) is 4.42 Å².